The van der Waals surface area contributed by atoms with Crippen molar-refractivity contribution in [1.82, 2.24) is 0 Å². The topological polar surface area (TPSA) is 23.1 Å². The molecule has 0 aromatic heterocycles. The monoisotopic (exact) mass is 226 g/mol. The summed E-state index contributed by atoms with van der Waals surface area (Å²) in [6.45, 7) is 9.01. The van der Waals surface area contributed by atoms with Gasteiger partial charge in [0.2, 0.25) is 0 Å². The van der Waals surface area contributed by atoms with Crippen LogP contribution in [0.3, 0.4) is 0 Å². The van der Waals surface area contributed by atoms with E-state index in [-0.39, 0.29) is 46.1 Å². The Balaban J connectivity index is 0.00000128. The van der Waals surface area contributed by atoms with Crippen molar-refractivity contribution in [3.8, 4) is 5.75 Å². The molecular weight excluding hydrogens is 207 g/mol. The molecule has 2 rings (SSSR count). The van der Waals surface area contributed by atoms with Crippen LogP contribution in [0.2, 0.25) is 0 Å². The molecule has 0 heterocycles. The number of benzene rings is 1. The van der Waals surface area contributed by atoms with Gasteiger partial charge in [-0.05, 0) is 34.8 Å². The summed E-state index contributed by atoms with van der Waals surface area (Å²) in [5.74, 6) is 0.138. The van der Waals surface area contributed by atoms with Crippen LogP contribution in [0.1, 0.15) is 51.7 Å². The van der Waals surface area contributed by atoms with Gasteiger partial charge in [0.25, 0.3) is 0 Å². The molecule has 0 spiro atoms. The van der Waals surface area contributed by atoms with Gasteiger partial charge in [-0.25, -0.2) is 0 Å². The van der Waals surface area contributed by atoms with Crippen LogP contribution in [0.25, 0.3) is 0 Å². The zero-order chi connectivity index (χ0) is 11.3. The largest absolute Gasteiger partial charge is 1.00 e. The second kappa shape index (κ2) is 4.36. The van der Waals surface area contributed by atoms with Gasteiger partial charge in [-0.1, -0.05) is 45.9 Å². The summed E-state index contributed by atoms with van der Waals surface area (Å²) in [4.78, 5) is 0. The van der Waals surface area contributed by atoms with Gasteiger partial charge in [0.05, 0.1) is 0 Å². The molecule has 0 amide bonds. The Morgan fingerprint density at radius 1 is 0.938 bits per heavy atom. The molecule has 0 atom stereocenters. The smallest absolute Gasteiger partial charge is 0.872 e. The maximum absolute atomic E-state index is 11.4. The second-order valence-electron chi connectivity index (χ2n) is 5.98. The Bertz CT molecular complexity index is 394. The molecular formula is C14H19NaO. The van der Waals surface area contributed by atoms with Gasteiger partial charge >= 0.3 is 29.6 Å². The Morgan fingerprint density at radius 2 is 1.44 bits per heavy atom. The summed E-state index contributed by atoms with van der Waals surface area (Å²) in [5.41, 5.74) is 2.99. The molecule has 16 heavy (non-hydrogen) atoms. The van der Waals surface area contributed by atoms with E-state index in [1.54, 1.807) is 6.07 Å². The molecule has 0 saturated heterocycles. The van der Waals surface area contributed by atoms with Crippen molar-refractivity contribution >= 4 is 0 Å². The summed E-state index contributed by atoms with van der Waals surface area (Å²) >= 11 is 0. The number of hydrogen-bond donors (Lipinski definition) is 0. The Morgan fingerprint density at radius 3 is 2.00 bits per heavy atom. The number of rotatable bonds is 0. The molecule has 0 bridgehead atoms. The fourth-order valence-electron chi connectivity index (χ4n) is 2.57. The van der Waals surface area contributed by atoms with Gasteiger partial charge in [0.15, 0.2) is 0 Å². The molecule has 0 N–H and O–H groups in total. The third-order valence-corrected chi connectivity index (χ3v) is 3.82. The molecule has 0 aliphatic heterocycles. The SMILES string of the molecule is CC1(C)CCC(C)(C)c2cc([O-])ccc21.[Na+]. The Hall–Kier alpha value is 0.0200. The molecule has 0 saturated carbocycles. The number of hydrogen-bond acceptors (Lipinski definition) is 1. The average molecular weight is 226 g/mol. The molecule has 1 aliphatic rings. The van der Waals surface area contributed by atoms with Gasteiger partial charge in [0.1, 0.15) is 0 Å². The van der Waals surface area contributed by atoms with Crippen molar-refractivity contribution < 1.29 is 34.7 Å². The predicted molar refractivity (Wildman–Crippen MR) is 61.2 cm³/mol. The molecule has 1 aliphatic carbocycles. The van der Waals surface area contributed by atoms with Crippen LogP contribution in [0.4, 0.5) is 0 Å². The van der Waals surface area contributed by atoms with Crippen LogP contribution in [0.5, 0.6) is 5.75 Å². The average Bonchev–Trinajstić information content (AvgIpc) is 2.13. The Labute approximate surface area is 121 Å². The summed E-state index contributed by atoms with van der Waals surface area (Å²) in [7, 11) is 0. The van der Waals surface area contributed by atoms with E-state index in [2.05, 4.69) is 27.7 Å². The summed E-state index contributed by atoms with van der Waals surface area (Å²) in [5, 5.41) is 11.4. The van der Waals surface area contributed by atoms with Gasteiger partial charge in [-0.3, -0.25) is 0 Å². The normalized spacial score (nSPS) is 20.8. The first-order chi connectivity index (χ1) is 6.83. The van der Waals surface area contributed by atoms with Crippen molar-refractivity contribution in [1.29, 1.82) is 0 Å². The minimum atomic E-state index is 0. The van der Waals surface area contributed by atoms with E-state index in [1.165, 1.54) is 17.5 Å². The molecule has 0 fully saturated rings. The van der Waals surface area contributed by atoms with E-state index in [1.807, 2.05) is 12.1 Å². The Kier molecular flexibility index (Phi) is 3.84. The van der Waals surface area contributed by atoms with E-state index in [4.69, 9.17) is 0 Å². The fraction of sp³-hybridized carbons (Fsp3) is 0.571. The van der Waals surface area contributed by atoms with E-state index < -0.39 is 0 Å². The van der Waals surface area contributed by atoms with Crippen LogP contribution in [0, 0.1) is 0 Å². The van der Waals surface area contributed by atoms with Crippen LogP contribution in [-0.2, 0) is 10.8 Å². The van der Waals surface area contributed by atoms with E-state index in [9.17, 15) is 5.11 Å². The van der Waals surface area contributed by atoms with Crippen molar-refractivity contribution in [2.24, 2.45) is 0 Å². The minimum Gasteiger partial charge on any atom is -0.872 e. The standard InChI is InChI=1S/C14H20O.Na/c1-13(2)7-8-14(3,4)12-9-10(15)5-6-11(12)13;/h5-6,9,15H,7-8H2,1-4H3;/q;+1/p-1. The molecule has 1 nitrogen and oxygen atoms in total. The maximum atomic E-state index is 11.4. The third-order valence-electron chi connectivity index (χ3n) is 3.82. The predicted octanol–water partition coefficient (Wildman–Crippen LogP) is 0.113. The molecule has 2 heteroatoms. The van der Waals surface area contributed by atoms with E-state index in [0.29, 0.717) is 0 Å². The van der Waals surface area contributed by atoms with Crippen molar-refractivity contribution in [2.45, 2.75) is 51.4 Å². The molecule has 0 unspecified atom stereocenters. The van der Waals surface area contributed by atoms with Crippen LogP contribution < -0.4 is 34.7 Å². The van der Waals surface area contributed by atoms with Crippen molar-refractivity contribution in [2.75, 3.05) is 0 Å². The first-order valence-corrected chi connectivity index (χ1v) is 5.65. The van der Waals surface area contributed by atoms with Gasteiger partial charge in [-0.15, -0.1) is 5.75 Å². The molecule has 1 aromatic carbocycles. The molecule has 82 valence electrons. The van der Waals surface area contributed by atoms with Crippen LogP contribution in [-0.4, -0.2) is 0 Å². The summed E-state index contributed by atoms with van der Waals surface area (Å²) in [6, 6.07) is 5.55. The fourth-order valence-corrected chi connectivity index (χ4v) is 2.57. The van der Waals surface area contributed by atoms with Crippen LogP contribution in [0.15, 0.2) is 18.2 Å². The first kappa shape index (κ1) is 14.1. The zero-order valence-electron chi connectivity index (χ0n) is 11.1. The number of fused-ring (bicyclic) bond motifs is 1. The summed E-state index contributed by atoms with van der Waals surface area (Å²) in [6.07, 6.45) is 2.36. The van der Waals surface area contributed by atoms with Gasteiger partial charge < -0.3 is 5.11 Å². The van der Waals surface area contributed by atoms with Crippen molar-refractivity contribution in [3.05, 3.63) is 29.3 Å². The zero-order valence-corrected chi connectivity index (χ0v) is 13.1. The minimum absolute atomic E-state index is 0. The first-order valence-electron chi connectivity index (χ1n) is 5.65. The van der Waals surface area contributed by atoms with Crippen molar-refractivity contribution in [3.63, 3.8) is 0 Å². The summed E-state index contributed by atoms with van der Waals surface area (Å²) < 4.78 is 0. The van der Waals surface area contributed by atoms with Gasteiger partial charge in [-0.2, -0.15) is 0 Å². The maximum Gasteiger partial charge on any atom is 1.00 e. The van der Waals surface area contributed by atoms with Gasteiger partial charge in [0, 0.05) is 0 Å². The molecule has 1 aromatic rings. The molecule has 0 radical (unpaired) electrons. The van der Waals surface area contributed by atoms with Crippen LogP contribution >= 0.6 is 0 Å². The second-order valence-corrected chi connectivity index (χ2v) is 5.98. The third kappa shape index (κ3) is 2.32. The van der Waals surface area contributed by atoms with E-state index in [0.717, 1.165) is 6.42 Å². The quantitative estimate of drug-likeness (QED) is 0.576. The van der Waals surface area contributed by atoms with E-state index >= 15 is 0 Å².